The van der Waals surface area contributed by atoms with Crippen LogP contribution < -0.4 is 4.90 Å². The molecule has 1 unspecified atom stereocenters. The molecule has 2 aliphatic heterocycles. The molecular formula is C15H17ClN4O. The summed E-state index contributed by atoms with van der Waals surface area (Å²) in [6.45, 7) is 5.63. The Bertz CT molecular complexity index is 665. The highest BCUT2D eigenvalue weighted by molar-refractivity contribution is 6.35. The average Bonchev–Trinajstić information content (AvgIpc) is 2.54. The number of anilines is 1. The Balaban J connectivity index is 1.64. The molecule has 0 amide bonds. The molecule has 2 aromatic rings. The van der Waals surface area contributed by atoms with Gasteiger partial charge in [-0.05, 0) is 12.1 Å². The van der Waals surface area contributed by atoms with Crippen LogP contribution in [0.1, 0.15) is 0 Å². The van der Waals surface area contributed by atoms with E-state index in [-0.39, 0.29) is 0 Å². The fraction of sp³-hybridized carbons (Fsp3) is 0.467. The van der Waals surface area contributed by atoms with Crippen LogP contribution in [0.15, 0.2) is 24.4 Å². The van der Waals surface area contributed by atoms with Crippen molar-refractivity contribution >= 4 is 28.5 Å². The van der Waals surface area contributed by atoms with Crippen LogP contribution in [0.4, 0.5) is 5.82 Å². The molecule has 0 saturated carbocycles. The molecule has 21 heavy (non-hydrogen) atoms. The highest BCUT2D eigenvalue weighted by Crippen LogP contribution is 2.27. The maximum absolute atomic E-state index is 6.38. The molecule has 0 aliphatic carbocycles. The molecule has 110 valence electrons. The number of morpholine rings is 1. The molecular weight excluding hydrogens is 288 g/mol. The number of hydrogen-bond acceptors (Lipinski definition) is 5. The van der Waals surface area contributed by atoms with Crippen molar-refractivity contribution in [3.8, 4) is 0 Å². The van der Waals surface area contributed by atoms with Crippen LogP contribution >= 0.6 is 11.6 Å². The number of nitrogens with zero attached hydrogens (tertiary/aromatic N) is 4. The highest BCUT2D eigenvalue weighted by Gasteiger charge is 2.30. The minimum Gasteiger partial charge on any atom is -0.378 e. The Kier molecular flexibility index (Phi) is 3.41. The normalized spacial score (nSPS) is 23.3. The number of halogens is 1. The molecule has 2 aromatic heterocycles. The lowest BCUT2D eigenvalue weighted by atomic mass is 10.1. The van der Waals surface area contributed by atoms with Gasteiger partial charge in [-0.2, -0.15) is 0 Å². The molecule has 1 atom stereocenters. The van der Waals surface area contributed by atoms with Crippen molar-refractivity contribution in [2.45, 2.75) is 6.04 Å². The monoisotopic (exact) mass is 304 g/mol. The van der Waals surface area contributed by atoms with Crippen LogP contribution in [0.5, 0.6) is 0 Å². The number of hydrogen-bond donors (Lipinski definition) is 0. The van der Waals surface area contributed by atoms with E-state index in [0.29, 0.717) is 16.7 Å². The molecule has 4 rings (SSSR count). The van der Waals surface area contributed by atoms with Crippen molar-refractivity contribution in [2.75, 3.05) is 44.3 Å². The van der Waals surface area contributed by atoms with E-state index in [9.17, 15) is 0 Å². The van der Waals surface area contributed by atoms with Crippen LogP contribution in [-0.2, 0) is 4.74 Å². The lowest BCUT2D eigenvalue weighted by Crippen LogP contribution is -2.58. The van der Waals surface area contributed by atoms with E-state index in [1.807, 2.05) is 18.2 Å². The van der Waals surface area contributed by atoms with Crippen molar-refractivity contribution in [2.24, 2.45) is 0 Å². The predicted molar refractivity (Wildman–Crippen MR) is 82.9 cm³/mol. The Labute approximate surface area is 128 Å². The van der Waals surface area contributed by atoms with Crippen molar-refractivity contribution in [1.29, 1.82) is 0 Å². The lowest BCUT2D eigenvalue weighted by molar-refractivity contribution is -0.0117. The van der Waals surface area contributed by atoms with Gasteiger partial charge in [0.25, 0.3) is 0 Å². The SMILES string of the molecule is Clc1cc(N2CCN3CCOCC3C2)nc2ncccc12. The summed E-state index contributed by atoms with van der Waals surface area (Å²) in [4.78, 5) is 13.8. The minimum absolute atomic E-state index is 0.451. The van der Waals surface area contributed by atoms with Crippen molar-refractivity contribution in [3.63, 3.8) is 0 Å². The summed E-state index contributed by atoms with van der Waals surface area (Å²) in [7, 11) is 0. The van der Waals surface area contributed by atoms with Gasteiger partial charge in [0, 0.05) is 43.8 Å². The van der Waals surface area contributed by atoms with Crippen molar-refractivity contribution in [3.05, 3.63) is 29.4 Å². The van der Waals surface area contributed by atoms with Gasteiger partial charge in [0.15, 0.2) is 5.65 Å². The fourth-order valence-electron chi connectivity index (χ4n) is 3.12. The van der Waals surface area contributed by atoms with Gasteiger partial charge in [-0.25, -0.2) is 9.97 Å². The first-order chi connectivity index (χ1) is 10.3. The van der Waals surface area contributed by atoms with Crippen molar-refractivity contribution in [1.82, 2.24) is 14.9 Å². The third kappa shape index (κ3) is 2.46. The van der Waals surface area contributed by atoms with Gasteiger partial charge in [-0.3, -0.25) is 4.90 Å². The summed E-state index contributed by atoms with van der Waals surface area (Å²) in [5.74, 6) is 0.913. The summed E-state index contributed by atoms with van der Waals surface area (Å²) < 4.78 is 5.59. The average molecular weight is 305 g/mol. The number of pyridine rings is 2. The maximum atomic E-state index is 6.38. The molecule has 5 nitrogen and oxygen atoms in total. The molecule has 4 heterocycles. The quantitative estimate of drug-likeness (QED) is 0.804. The number of ether oxygens (including phenoxy) is 1. The van der Waals surface area contributed by atoms with E-state index in [1.54, 1.807) is 6.20 Å². The first-order valence-corrected chi connectivity index (χ1v) is 7.67. The number of piperazine rings is 1. The van der Waals surface area contributed by atoms with Crippen LogP contribution in [0.25, 0.3) is 11.0 Å². The standard InChI is InChI=1S/C15H17ClN4O/c16-13-8-14(18-15-12(13)2-1-3-17-15)20-5-4-19-6-7-21-10-11(19)9-20/h1-3,8,11H,4-7,9-10H2. The molecule has 6 heteroatoms. The van der Waals surface area contributed by atoms with Gasteiger partial charge in [-0.1, -0.05) is 11.6 Å². The van der Waals surface area contributed by atoms with Gasteiger partial charge < -0.3 is 9.64 Å². The zero-order valence-electron chi connectivity index (χ0n) is 11.7. The third-order valence-electron chi connectivity index (χ3n) is 4.28. The molecule has 2 fully saturated rings. The van der Waals surface area contributed by atoms with E-state index in [1.165, 1.54) is 0 Å². The maximum Gasteiger partial charge on any atom is 0.163 e. The summed E-state index contributed by atoms with van der Waals surface area (Å²) in [6.07, 6.45) is 1.75. The zero-order chi connectivity index (χ0) is 14.2. The zero-order valence-corrected chi connectivity index (χ0v) is 12.5. The fourth-order valence-corrected chi connectivity index (χ4v) is 3.37. The minimum atomic E-state index is 0.451. The lowest BCUT2D eigenvalue weighted by Gasteiger charge is -2.44. The van der Waals surface area contributed by atoms with Gasteiger partial charge in [-0.15, -0.1) is 0 Å². The van der Waals surface area contributed by atoms with Gasteiger partial charge >= 0.3 is 0 Å². The first-order valence-electron chi connectivity index (χ1n) is 7.29. The molecule has 2 aliphatic rings. The van der Waals surface area contributed by atoms with Gasteiger partial charge in [0.05, 0.1) is 24.3 Å². The van der Waals surface area contributed by atoms with E-state index in [2.05, 4.69) is 19.8 Å². The Morgan fingerprint density at radius 2 is 2.24 bits per heavy atom. The molecule has 0 spiro atoms. The molecule has 0 radical (unpaired) electrons. The second kappa shape index (κ2) is 5.40. The second-order valence-electron chi connectivity index (χ2n) is 5.55. The predicted octanol–water partition coefficient (Wildman–Crippen LogP) is 1.80. The smallest absolute Gasteiger partial charge is 0.163 e. The largest absolute Gasteiger partial charge is 0.378 e. The highest BCUT2D eigenvalue weighted by atomic mass is 35.5. The first kappa shape index (κ1) is 13.2. The molecule has 0 bridgehead atoms. The van der Waals surface area contributed by atoms with Crippen LogP contribution in [0.2, 0.25) is 5.02 Å². The number of aromatic nitrogens is 2. The summed E-state index contributed by atoms with van der Waals surface area (Å²) in [5.41, 5.74) is 0.710. The Hall–Kier alpha value is -1.43. The molecule has 0 aromatic carbocycles. The number of fused-ring (bicyclic) bond motifs is 2. The Morgan fingerprint density at radius 3 is 3.19 bits per heavy atom. The van der Waals surface area contributed by atoms with Crippen molar-refractivity contribution < 1.29 is 4.74 Å². The van der Waals surface area contributed by atoms with Crippen LogP contribution in [0, 0.1) is 0 Å². The van der Waals surface area contributed by atoms with E-state index >= 15 is 0 Å². The summed E-state index contributed by atoms with van der Waals surface area (Å²) in [5, 5.41) is 1.62. The van der Waals surface area contributed by atoms with Gasteiger partial charge in [0.1, 0.15) is 5.82 Å². The van der Waals surface area contributed by atoms with Crippen LogP contribution in [0.3, 0.4) is 0 Å². The van der Waals surface area contributed by atoms with E-state index < -0.39 is 0 Å². The Morgan fingerprint density at radius 1 is 1.29 bits per heavy atom. The topological polar surface area (TPSA) is 41.5 Å². The molecule has 0 N–H and O–H groups in total. The van der Waals surface area contributed by atoms with Crippen LogP contribution in [-0.4, -0.2) is 60.3 Å². The molecule has 2 saturated heterocycles. The van der Waals surface area contributed by atoms with E-state index in [0.717, 1.165) is 50.6 Å². The van der Waals surface area contributed by atoms with Gasteiger partial charge in [0.2, 0.25) is 0 Å². The summed E-state index contributed by atoms with van der Waals surface area (Å²) >= 11 is 6.38. The van der Waals surface area contributed by atoms with E-state index in [4.69, 9.17) is 16.3 Å². The summed E-state index contributed by atoms with van der Waals surface area (Å²) in [6, 6.07) is 6.24. The third-order valence-corrected chi connectivity index (χ3v) is 4.59. The number of rotatable bonds is 1. The second-order valence-corrected chi connectivity index (χ2v) is 5.95.